The Balaban J connectivity index is 1.85. The van der Waals surface area contributed by atoms with Gasteiger partial charge in [-0.1, -0.05) is 0 Å². The molecule has 1 aromatic rings. The van der Waals surface area contributed by atoms with Crippen molar-refractivity contribution in [3.8, 4) is 0 Å². The van der Waals surface area contributed by atoms with Crippen LogP contribution in [-0.4, -0.2) is 36.3 Å². The number of methoxy groups -OCH3 is 1. The van der Waals surface area contributed by atoms with E-state index in [2.05, 4.69) is 27.8 Å². The molecule has 1 saturated heterocycles. The topological polar surface area (TPSA) is 17.4 Å². The van der Waals surface area contributed by atoms with Crippen molar-refractivity contribution in [3.05, 3.63) is 24.0 Å². The number of aromatic nitrogens is 1. The maximum atomic E-state index is 5.09. The third kappa shape index (κ3) is 3.09. The fourth-order valence-corrected chi connectivity index (χ4v) is 2.36. The largest absolute Gasteiger partial charge is 0.385 e. The van der Waals surface area contributed by atoms with E-state index in [-0.39, 0.29) is 0 Å². The molecule has 3 nitrogen and oxygen atoms in total. The normalized spacial score (nSPS) is 17.1. The van der Waals surface area contributed by atoms with Gasteiger partial charge in [-0.2, -0.15) is 0 Å². The van der Waals surface area contributed by atoms with Crippen molar-refractivity contribution in [1.82, 2.24) is 9.47 Å². The molecule has 1 aliphatic heterocycles. The molecule has 16 heavy (non-hydrogen) atoms. The van der Waals surface area contributed by atoms with E-state index in [1.807, 2.05) is 0 Å². The Morgan fingerprint density at radius 3 is 2.88 bits per heavy atom. The summed E-state index contributed by atoms with van der Waals surface area (Å²) in [6.07, 6.45) is 6.01. The van der Waals surface area contributed by atoms with Gasteiger partial charge in [0.05, 0.1) is 0 Å². The predicted octanol–water partition coefficient (Wildman–Crippen LogP) is 2.12. The summed E-state index contributed by atoms with van der Waals surface area (Å²) in [5.41, 5.74) is 1.44. The van der Waals surface area contributed by atoms with Crippen LogP contribution < -0.4 is 0 Å². The SMILES string of the molecule is COCCCn1cccc1CN1CCCC1. The lowest BCUT2D eigenvalue weighted by Gasteiger charge is -2.16. The highest BCUT2D eigenvalue weighted by atomic mass is 16.5. The van der Waals surface area contributed by atoms with Crippen LogP contribution in [0.15, 0.2) is 18.3 Å². The van der Waals surface area contributed by atoms with Crippen molar-refractivity contribution in [2.75, 3.05) is 26.8 Å². The van der Waals surface area contributed by atoms with Gasteiger partial charge in [0.15, 0.2) is 0 Å². The van der Waals surface area contributed by atoms with E-state index in [1.165, 1.54) is 31.6 Å². The Bertz CT molecular complexity index is 303. The summed E-state index contributed by atoms with van der Waals surface area (Å²) in [6.45, 7) is 5.57. The smallest absolute Gasteiger partial charge is 0.0479 e. The van der Waals surface area contributed by atoms with Crippen LogP contribution in [0.5, 0.6) is 0 Å². The van der Waals surface area contributed by atoms with Crippen LogP contribution in [0.3, 0.4) is 0 Å². The second-order valence-electron chi connectivity index (χ2n) is 4.52. The average molecular weight is 222 g/mol. The summed E-state index contributed by atoms with van der Waals surface area (Å²) < 4.78 is 7.45. The molecule has 0 aromatic carbocycles. The quantitative estimate of drug-likeness (QED) is 0.686. The third-order valence-electron chi connectivity index (χ3n) is 3.26. The minimum Gasteiger partial charge on any atom is -0.385 e. The summed E-state index contributed by atoms with van der Waals surface area (Å²) in [7, 11) is 1.76. The molecule has 3 heteroatoms. The molecule has 1 aliphatic rings. The molecule has 0 aliphatic carbocycles. The van der Waals surface area contributed by atoms with Gasteiger partial charge in [0.2, 0.25) is 0 Å². The second-order valence-corrected chi connectivity index (χ2v) is 4.52. The average Bonchev–Trinajstić information content (AvgIpc) is 2.92. The van der Waals surface area contributed by atoms with E-state index in [1.54, 1.807) is 7.11 Å². The van der Waals surface area contributed by atoms with Crippen LogP contribution in [0.4, 0.5) is 0 Å². The van der Waals surface area contributed by atoms with Crippen molar-refractivity contribution >= 4 is 0 Å². The summed E-state index contributed by atoms with van der Waals surface area (Å²) >= 11 is 0. The molecule has 2 heterocycles. The van der Waals surface area contributed by atoms with E-state index >= 15 is 0 Å². The lowest BCUT2D eigenvalue weighted by molar-refractivity contribution is 0.189. The molecule has 2 rings (SSSR count). The van der Waals surface area contributed by atoms with Gasteiger partial charge in [-0.05, 0) is 44.5 Å². The first kappa shape index (κ1) is 11.7. The number of hydrogen-bond donors (Lipinski definition) is 0. The van der Waals surface area contributed by atoms with E-state index in [4.69, 9.17) is 4.74 Å². The molecule has 0 unspecified atom stereocenters. The lowest BCUT2D eigenvalue weighted by atomic mass is 10.3. The molecule has 0 atom stereocenters. The molecule has 0 N–H and O–H groups in total. The van der Waals surface area contributed by atoms with Gasteiger partial charge in [-0.3, -0.25) is 4.90 Å². The maximum Gasteiger partial charge on any atom is 0.0479 e. The van der Waals surface area contributed by atoms with E-state index in [9.17, 15) is 0 Å². The molecular weight excluding hydrogens is 200 g/mol. The van der Waals surface area contributed by atoms with Crippen molar-refractivity contribution < 1.29 is 4.74 Å². The fourth-order valence-electron chi connectivity index (χ4n) is 2.36. The molecule has 0 saturated carbocycles. The van der Waals surface area contributed by atoms with Crippen molar-refractivity contribution in [2.24, 2.45) is 0 Å². The van der Waals surface area contributed by atoms with Crippen LogP contribution >= 0.6 is 0 Å². The molecule has 90 valence electrons. The van der Waals surface area contributed by atoms with Crippen LogP contribution in [0.2, 0.25) is 0 Å². The molecule has 0 bridgehead atoms. The summed E-state index contributed by atoms with van der Waals surface area (Å²) in [5.74, 6) is 0. The minimum atomic E-state index is 0.849. The highest BCUT2D eigenvalue weighted by Gasteiger charge is 2.13. The molecule has 1 fully saturated rings. The Morgan fingerprint density at radius 2 is 2.12 bits per heavy atom. The van der Waals surface area contributed by atoms with Crippen molar-refractivity contribution in [3.63, 3.8) is 0 Å². The number of hydrogen-bond acceptors (Lipinski definition) is 2. The zero-order valence-corrected chi connectivity index (χ0v) is 10.2. The van der Waals surface area contributed by atoms with Gasteiger partial charge in [0.25, 0.3) is 0 Å². The van der Waals surface area contributed by atoms with Gasteiger partial charge in [-0.25, -0.2) is 0 Å². The number of nitrogens with zero attached hydrogens (tertiary/aromatic N) is 2. The highest BCUT2D eigenvalue weighted by molar-refractivity contribution is 5.07. The third-order valence-corrected chi connectivity index (χ3v) is 3.26. The first-order chi connectivity index (χ1) is 7.90. The fraction of sp³-hybridized carbons (Fsp3) is 0.692. The first-order valence-corrected chi connectivity index (χ1v) is 6.25. The van der Waals surface area contributed by atoms with Crippen LogP contribution in [0.25, 0.3) is 0 Å². The van der Waals surface area contributed by atoms with E-state index in [0.717, 1.165) is 26.1 Å². The van der Waals surface area contributed by atoms with Crippen LogP contribution in [0.1, 0.15) is 25.0 Å². The van der Waals surface area contributed by atoms with Crippen molar-refractivity contribution in [2.45, 2.75) is 32.4 Å². The molecule has 0 amide bonds. The van der Waals surface area contributed by atoms with E-state index < -0.39 is 0 Å². The van der Waals surface area contributed by atoms with Gasteiger partial charge < -0.3 is 9.30 Å². The summed E-state index contributed by atoms with van der Waals surface area (Å²) in [5, 5.41) is 0. The van der Waals surface area contributed by atoms with Crippen LogP contribution in [0, 0.1) is 0 Å². The number of rotatable bonds is 6. The predicted molar refractivity (Wildman–Crippen MR) is 65.4 cm³/mol. The molecule has 0 spiro atoms. The number of ether oxygens (including phenoxy) is 1. The van der Waals surface area contributed by atoms with Gasteiger partial charge in [0.1, 0.15) is 0 Å². The number of aryl methyl sites for hydroxylation is 1. The first-order valence-electron chi connectivity index (χ1n) is 6.25. The maximum absolute atomic E-state index is 5.09. The van der Waals surface area contributed by atoms with E-state index in [0.29, 0.717) is 0 Å². The Kier molecular flexibility index (Phi) is 4.43. The zero-order chi connectivity index (χ0) is 11.2. The minimum absolute atomic E-state index is 0.849. The highest BCUT2D eigenvalue weighted by Crippen LogP contribution is 2.13. The monoisotopic (exact) mass is 222 g/mol. The number of likely N-dealkylation sites (tertiary alicyclic amines) is 1. The lowest BCUT2D eigenvalue weighted by Crippen LogP contribution is -2.20. The molecular formula is C13H22N2O. The standard InChI is InChI=1S/C13H22N2O/c1-16-11-5-10-15-9-4-6-13(15)12-14-7-2-3-8-14/h4,6,9H,2-3,5,7-8,10-12H2,1H3. The Labute approximate surface area is 98.0 Å². The van der Waals surface area contributed by atoms with Gasteiger partial charge in [0, 0.05) is 38.7 Å². The van der Waals surface area contributed by atoms with Gasteiger partial charge >= 0.3 is 0 Å². The van der Waals surface area contributed by atoms with Crippen molar-refractivity contribution in [1.29, 1.82) is 0 Å². The van der Waals surface area contributed by atoms with Gasteiger partial charge in [-0.15, -0.1) is 0 Å². The molecule has 0 radical (unpaired) electrons. The van der Waals surface area contributed by atoms with Crippen LogP contribution in [-0.2, 0) is 17.8 Å². The molecule has 1 aromatic heterocycles. The summed E-state index contributed by atoms with van der Waals surface area (Å²) in [4.78, 5) is 2.54. The zero-order valence-electron chi connectivity index (χ0n) is 10.2. The second kappa shape index (κ2) is 6.06. The Hall–Kier alpha value is -0.800. The summed E-state index contributed by atoms with van der Waals surface area (Å²) in [6, 6.07) is 4.39. The Morgan fingerprint density at radius 1 is 1.31 bits per heavy atom.